The number of carbonyl (C=O) groups excluding carboxylic acids is 1. The van der Waals surface area contributed by atoms with Gasteiger partial charge in [-0.2, -0.15) is 0 Å². The Bertz CT molecular complexity index is 326. The molecule has 2 aliphatic carbocycles. The molecule has 1 aliphatic heterocycles. The van der Waals surface area contributed by atoms with Gasteiger partial charge < -0.3 is 10.1 Å². The lowest BCUT2D eigenvalue weighted by Crippen LogP contribution is -2.51. The molecule has 2 saturated carbocycles. The van der Waals surface area contributed by atoms with Gasteiger partial charge in [-0.3, -0.25) is 4.90 Å². The van der Waals surface area contributed by atoms with E-state index in [1.807, 2.05) is 6.92 Å². The molecule has 1 N–H and O–H groups in total. The van der Waals surface area contributed by atoms with E-state index in [0.717, 1.165) is 30.8 Å². The lowest BCUT2D eigenvalue weighted by atomic mass is 9.89. The van der Waals surface area contributed by atoms with Crippen molar-refractivity contribution in [3.05, 3.63) is 0 Å². The van der Waals surface area contributed by atoms with Crippen LogP contribution in [-0.4, -0.2) is 42.8 Å². The molecule has 1 amide bonds. The van der Waals surface area contributed by atoms with Crippen LogP contribution in [0.15, 0.2) is 0 Å². The standard InChI is InChI=1S/C15H26N2O2/c1-2-19-15(18)16-13-8-12(7-11-3-4-11)9-17(10-13)14-5-6-14/h11-14H,2-10H2,1H3,(H,16,18). The number of rotatable bonds is 5. The van der Waals surface area contributed by atoms with Crippen LogP contribution in [-0.2, 0) is 4.74 Å². The van der Waals surface area contributed by atoms with Gasteiger partial charge in [0, 0.05) is 25.2 Å². The Kier molecular flexibility index (Phi) is 3.96. The molecule has 0 aromatic heterocycles. The predicted molar refractivity (Wildman–Crippen MR) is 74.0 cm³/mol. The Balaban J connectivity index is 1.53. The molecule has 1 heterocycles. The minimum atomic E-state index is -0.240. The van der Waals surface area contributed by atoms with Gasteiger partial charge >= 0.3 is 6.09 Å². The van der Waals surface area contributed by atoms with E-state index in [9.17, 15) is 4.79 Å². The topological polar surface area (TPSA) is 41.6 Å². The summed E-state index contributed by atoms with van der Waals surface area (Å²) >= 11 is 0. The first kappa shape index (κ1) is 13.2. The number of piperidine rings is 1. The van der Waals surface area contributed by atoms with Crippen molar-refractivity contribution in [1.82, 2.24) is 10.2 Å². The summed E-state index contributed by atoms with van der Waals surface area (Å²) in [5, 5.41) is 3.05. The fourth-order valence-corrected chi connectivity index (χ4v) is 3.42. The normalized spacial score (nSPS) is 32.1. The van der Waals surface area contributed by atoms with E-state index in [4.69, 9.17) is 4.74 Å². The largest absolute Gasteiger partial charge is 0.450 e. The number of amides is 1. The van der Waals surface area contributed by atoms with Gasteiger partial charge in [0.15, 0.2) is 0 Å². The lowest BCUT2D eigenvalue weighted by molar-refractivity contribution is 0.108. The fourth-order valence-electron chi connectivity index (χ4n) is 3.42. The van der Waals surface area contributed by atoms with E-state index in [1.54, 1.807) is 0 Å². The minimum absolute atomic E-state index is 0.240. The van der Waals surface area contributed by atoms with Crippen molar-refractivity contribution in [2.45, 2.75) is 57.5 Å². The zero-order valence-electron chi connectivity index (χ0n) is 11.9. The molecule has 3 rings (SSSR count). The average molecular weight is 266 g/mol. The Morgan fingerprint density at radius 1 is 1.21 bits per heavy atom. The van der Waals surface area contributed by atoms with Crippen LogP contribution in [0.4, 0.5) is 4.79 Å². The Hall–Kier alpha value is -0.770. The third-order valence-corrected chi connectivity index (χ3v) is 4.59. The maximum atomic E-state index is 11.6. The maximum absolute atomic E-state index is 11.6. The van der Waals surface area contributed by atoms with Crippen LogP contribution in [0.1, 0.15) is 45.4 Å². The van der Waals surface area contributed by atoms with Crippen LogP contribution in [0.5, 0.6) is 0 Å². The zero-order chi connectivity index (χ0) is 13.2. The molecule has 4 nitrogen and oxygen atoms in total. The van der Waals surface area contributed by atoms with Gasteiger partial charge in [-0.25, -0.2) is 4.79 Å². The van der Waals surface area contributed by atoms with Gasteiger partial charge in [-0.05, 0) is 44.4 Å². The molecule has 3 fully saturated rings. The monoisotopic (exact) mass is 266 g/mol. The molecule has 3 aliphatic rings. The first-order valence-electron chi connectivity index (χ1n) is 7.92. The van der Waals surface area contributed by atoms with Crippen molar-refractivity contribution in [2.75, 3.05) is 19.7 Å². The molecule has 2 atom stereocenters. The van der Waals surface area contributed by atoms with Crippen LogP contribution < -0.4 is 5.32 Å². The molecule has 0 aromatic rings. The van der Waals surface area contributed by atoms with Gasteiger partial charge in [0.05, 0.1) is 6.61 Å². The molecule has 1 saturated heterocycles. The second-order valence-electron chi connectivity index (χ2n) is 6.53. The van der Waals surface area contributed by atoms with Crippen LogP contribution in [0.25, 0.3) is 0 Å². The van der Waals surface area contributed by atoms with E-state index < -0.39 is 0 Å². The SMILES string of the molecule is CCOC(=O)NC1CC(CC2CC2)CN(C2CC2)C1. The highest BCUT2D eigenvalue weighted by Gasteiger charge is 2.38. The number of ether oxygens (including phenoxy) is 1. The molecule has 2 unspecified atom stereocenters. The highest BCUT2D eigenvalue weighted by Crippen LogP contribution is 2.39. The Labute approximate surface area is 115 Å². The van der Waals surface area contributed by atoms with Crippen molar-refractivity contribution >= 4 is 6.09 Å². The molecule has 19 heavy (non-hydrogen) atoms. The summed E-state index contributed by atoms with van der Waals surface area (Å²) in [5.74, 6) is 1.75. The second-order valence-corrected chi connectivity index (χ2v) is 6.53. The van der Waals surface area contributed by atoms with Gasteiger partial charge in [0.25, 0.3) is 0 Å². The summed E-state index contributed by atoms with van der Waals surface area (Å²) in [4.78, 5) is 14.2. The lowest BCUT2D eigenvalue weighted by Gasteiger charge is -2.38. The van der Waals surface area contributed by atoms with Gasteiger partial charge in [0.2, 0.25) is 0 Å². The highest BCUT2D eigenvalue weighted by molar-refractivity contribution is 5.67. The summed E-state index contributed by atoms with van der Waals surface area (Å²) in [5.41, 5.74) is 0. The summed E-state index contributed by atoms with van der Waals surface area (Å²) in [7, 11) is 0. The molecular weight excluding hydrogens is 240 g/mol. The van der Waals surface area contributed by atoms with E-state index in [0.29, 0.717) is 6.61 Å². The fraction of sp³-hybridized carbons (Fsp3) is 0.933. The number of nitrogens with zero attached hydrogens (tertiary/aromatic N) is 1. The molecular formula is C15H26N2O2. The van der Waals surface area contributed by atoms with Crippen molar-refractivity contribution in [3.63, 3.8) is 0 Å². The molecule has 0 bridgehead atoms. The first-order chi connectivity index (χ1) is 9.24. The first-order valence-corrected chi connectivity index (χ1v) is 7.92. The number of hydrogen-bond acceptors (Lipinski definition) is 3. The van der Waals surface area contributed by atoms with E-state index in [1.165, 1.54) is 38.6 Å². The number of nitrogens with one attached hydrogen (secondary N) is 1. The third kappa shape index (κ3) is 3.85. The summed E-state index contributed by atoms with van der Waals surface area (Å²) in [6, 6.07) is 1.09. The van der Waals surface area contributed by atoms with Gasteiger partial charge in [-0.15, -0.1) is 0 Å². The van der Waals surface area contributed by atoms with Crippen LogP contribution in [0, 0.1) is 11.8 Å². The molecule has 0 spiro atoms. The third-order valence-electron chi connectivity index (χ3n) is 4.59. The number of alkyl carbamates (subject to hydrolysis) is 1. The summed E-state index contributed by atoms with van der Waals surface area (Å²) < 4.78 is 5.02. The van der Waals surface area contributed by atoms with Crippen LogP contribution in [0.3, 0.4) is 0 Å². The van der Waals surface area contributed by atoms with E-state index in [2.05, 4.69) is 10.2 Å². The smallest absolute Gasteiger partial charge is 0.407 e. The summed E-state index contributed by atoms with van der Waals surface area (Å²) in [6.45, 7) is 4.58. The van der Waals surface area contributed by atoms with Gasteiger partial charge in [-0.1, -0.05) is 12.8 Å². The zero-order valence-corrected chi connectivity index (χ0v) is 11.9. The average Bonchev–Trinajstić information content (AvgIpc) is 3.24. The van der Waals surface area contributed by atoms with Crippen LogP contribution >= 0.6 is 0 Å². The maximum Gasteiger partial charge on any atom is 0.407 e. The van der Waals surface area contributed by atoms with Crippen molar-refractivity contribution < 1.29 is 9.53 Å². The Morgan fingerprint density at radius 3 is 2.63 bits per heavy atom. The Morgan fingerprint density at radius 2 is 2.00 bits per heavy atom. The number of carbonyl (C=O) groups is 1. The van der Waals surface area contributed by atoms with Crippen molar-refractivity contribution in [1.29, 1.82) is 0 Å². The predicted octanol–water partition coefficient (Wildman–Crippen LogP) is 2.39. The number of hydrogen-bond donors (Lipinski definition) is 1. The minimum Gasteiger partial charge on any atom is -0.450 e. The van der Waals surface area contributed by atoms with E-state index >= 15 is 0 Å². The van der Waals surface area contributed by atoms with Gasteiger partial charge in [0.1, 0.15) is 0 Å². The molecule has 0 aromatic carbocycles. The van der Waals surface area contributed by atoms with Crippen molar-refractivity contribution in [2.24, 2.45) is 11.8 Å². The molecule has 4 heteroatoms. The van der Waals surface area contributed by atoms with Crippen molar-refractivity contribution in [3.8, 4) is 0 Å². The molecule has 0 radical (unpaired) electrons. The second kappa shape index (κ2) is 5.70. The quantitative estimate of drug-likeness (QED) is 0.830. The van der Waals surface area contributed by atoms with E-state index in [-0.39, 0.29) is 12.1 Å². The van der Waals surface area contributed by atoms with Crippen LogP contribution in [0.2, 0.25) is 0 Å². The summed E-state index contributed by atoms with van der Waals surface area (Å²) in [6.07, 6.45) is 7.81. The molecule has 108 valence electrons. The highest BCUT2D eigenvalue weighted by atomic mass is 16.5. The number of likely N-dealkylation sites (tertiary alicyclic amines) is 1.